The molecular weight excluding hydrogens is 482 g/mol. The quantitative estimate of drug-likeness (QED) is 0.231. The molecule has 5 aromatic rings. The average Bonchev–Trinajstić information content (AvgIpc) is 2.97. The number of benzene rings is 5. The van der Waals surface area contributed by atoms with Crippen LogP contribution in [0, 0.1) is 13.8 Å². The third-order valence-electron chi connectivity index (χ3n) is 6.60. The molecule has 5 aromatic carbocycles. The van der Waals surface area contributed by atoms with Crippen LogP contribution >= 0.6 is 0 Å². The van der Waals surface area contributed by atoms with E-state index in [-0.39, 0.29) is 11.8 Å². The Hall–Kier alpha value is -5.16. The lowest BCUT2D eigenvalue weighted by atomic mass is 10.1. The van der Waals surface area contributed by atoms with Gasteiger partial charge in [0.25, 0.3) is 11.8 Å². The van der Waals surface area contributed by atoms with Gasteiger partial charge in [-0.05, 0) is 85.6 Å². The summed E-state index contributed by atoms with van der Waals surface area (Å²) in [6.07, 6.45) is 0. The van der Waals surface area contributed by atoms with Gasteiger partial charge in [-0.3, -0.25) is 9.59 Å². The van der Waals surface area contributed by atoms with Gasteiger partial charge in [-0.2, -0.15) is 0 Å². The minimum atomic E-state index is -0.311. The highest BCUT2D eigenvalue weighted by Gasteiger charge is 2.21. The standard InChI is InChI=1S/C34H29N3O2/c1-24-21-22-26(23-25(24)2)35-33(38)29-17-9-11-19-31(29)36-34(39)30-18-10-12-20-32(30)37(27-13-5-3-6-14-27)28-15-7-4-8-16-28/h3-23H,1-2H3,(H,35,38)(H,36,39). The van der Waals surface area contributed by atoms with Crippen molar-refractivity contribution in [3.63, 3.8) is 0 Å². The first kappa shape index (κ1) is 25.5. The van der Waals surface area contributed by atoms with Crippen LogP contribution in [0.1, 0.15) is 31.8 Å². The lowest BCUT2D eigenvalue weighted by Gasteiger charge is -2.27. The molecule has 0 radical (unpaired) electrons. The number of aryl methyl sites for hydroxylation is 2. The summed E-state index contributed by atoms with van der Waals surface area (Å²) >= 11 is 0. The van der Waals surface area contributed by atoms with E-state index in [2.05, 4.69) is 10.6 Å². The van der Waals surface area contributed by atoms with Crippen LogP contribution in [0.4, 0.5) is 28.4 Å². The molecule has 0 heterocycles. The van der Waals surface area contributed by atoms with Crippen molar-refractivity contribution >= 4 is 40.3 Å². The van der Waals surface area contributed by atoms with Gasteiger partial charge in [0, 0.05) is 17.1 Å². The molecule has 5 nitrogen and oxygen atoms in total. The molecular formula is C34H29N3O2. The molecule has 0 atom stereocenters. The van der Waals surface area contributed by atoms with E-state index in [0.717, 1.165) is 28.2 Å². The Kier molecular flexibility index (Phi) is 7.51. The van der Waals surface area contributed by atoms with Crippen molar-refractivity contribution in [3.05, 3.63) is 150 Å². The minimum Gasteiger partial charge on any atom is -0.322 e. The van der Waals surface area contributed by atoms with Crippen molar-refractivity contribution in [2.45, 2.75) is 13.8 Å². The Balaban J connectivity index is 1.47. The topological polar surface area (TPSA) is 61.4 Å². The summed E-state index contributed by atoms with van der Waals surface area (Å²) in [5, 5.41) is 5.94. The van der Waals surface area contributed by atoms with Crippen LogP contribution < -0.4 is 15.5 Å². The number of anilines is 5. The molecule has 0 spiro atoms. The summed E-state index contributed by atoms with van der Waals surface area (Å²) in [7, 11) is 0. The fourth-order valence-electron chi connectivity index (χ4n) is 4.44. The summed E-state index contributed by atoms with van der Waals surface area (Å²) in [5.74, 6) is -0.605. The maximum absolute atomic E-state index is 13.7. The molecule has 0 aromatic heterocycles. The largest absolute Gasteiger partial charge is 0.322 e. The second-order valence-corrected chi connectivity index (χ2v) is 9.28. The molecule has 0 fully saturated rings. The Morgan fingerprint density at radius 3 is 1.72 bits per heavy atom. The number of rotatable bonds is 7. The fraction of sp³-hybridized carbons (Fsp3) is 0.0588. The van der Waals surface area contributed by atoms with Gasteiger partial charge < -0.3 is 15.5 Å². The van der Waals surface area contributed by atoms with Gasteiger partial charge >= 0.3 is 0 Å². The van der Waals surface area contributed by atoms with Crippen LogP contribution in [0.2, 0.25) is 0 Å². The zero-order valence-corrected chi connectivity index (χ0v) is 21.9. The van der Waals surface area contributed by atoms with Crippen molar-refractivity contribution in [1.82, 2.24) is 0 Å². The number of hydrogen-bond acceptors (Lipinski definition) is 3. The second-order valence-electron chi connectivity index (χ2n) is 9.28. The van der Waals surface area contributed by atoms with Gasteiger partial charge in [0.05, 0.1) is 22.5 Å². The first-order valence-corrected chi connectivity index (χ1v) is 12.8. The first-order valence-electron chi connectivity index (χ1n) is 12.8. The molecule has 192 valence electrons. The van der Waals surface area contributed by atoms with Crippen molar-refractivity contribution in [3.8, 4) is 0 Å². The van der Waals surface area contributed by atoms with Crippen LogP contribution in [-0.4, -0.2) is 11.8 Å². The summed E-state index contributed by atoms with van der Waals surface area (Å²) < 4.78 is 0. The maximum Gasteiger partial charge on any atom is 0.257 e. The van der Waals surface area contributed by atoms with E-state index < -0.39 is 0 Å². The lowest BCUT2D eigenvalue weighted by Crippen LogP contribution is -2.21. The summed E-state index contributed by atoms with van der Waals surface area (Å²) in [5.41, 5.74) is 6.82. The van der Waals surface area contributed by atoms with Gasteiger partial charge in [-0.25, -0.2) is 0 Å². The molecule has 0 aliphatic rings. The molecule has 5 rings (SSSR count). The summed E-state index contributed by atoms with van der Waals surface area (Å²) in [6, 6.07) is 40.1. The zero-order chi connectivity index (χ0) is 27.2. The average molecular weight is 512 g/mol. The number of nitrogens with one attached hydrogen (secondary N) is 2. The van der Waals surface area contributed by atoms with Gasteiger partial charge in [-0.15, -0.1) is 0 Å². The fourth-order valence-corrected chi connectivity index (χ4v) is 4.44. The number of para-hydroxylation sites is 4. The highest BCUT2D eigenvalue weighted by Crippen LogP contribution is 2.36. The highest BCUT2D eigenvalue weighted by atomic mass is 16.2. The van der Waals surface area contributed by atoms with Crippen molar-refractivity contribution in [2.24, 2.45) is 0 Å². The number of nitrogens with zero attached hydrogens (tertiary/aromatic N) is 1. The molecule has 2 amide bonds. The second kappa shape index (κ2) is 11.5. The number of amides is 2. The number of carbonyl (C=O) groups excluding carboxylic acids is 2. The van der Waals surface area contributed by atoms with Gasteiger partial charge in [0.2, 0.25) is 0 Å². The molecule has 0 aliphatic heterocycles. The first-order chi connectivity index (χ1) is 19.0. The van der Waals surface area contributed by atoms with Crippen LogP contribution in [0.15, 0.2) is 127 Å². The zero-order valence-electron chi connectivity index (χ0n) is 21.9. The minimum absolute atomic E-state index is 0.294. The van der Waals surface area contributed by atoms with Gasteiger partial charge in [0.1, 0.15) is 0 Å². The van der Waals surface area contributed by atoms with Crippen LogP contribution in [0.5, 0.6) is 0 Å². The van der Waals surface area contributed by atoms with Crippen molar-refractivity contribution in [2.75, 3.05) is 15.5 Å². The Labute approximate surface area is 228 Å². The molecule has 5 heteroatoms. The van der Waals surface area contributed by atoms with Crippen molar-refractivity contribution < 1.29 is 9.59 Å². The Morgan fingerprint density at radius 1 is 0.538 bits per heavy atom. The van der Waals surface area contributed by atoms with Gasteiger partial charge in [-0.1, -0.05) is 66.7 Å². The monoisotopic (exact) mass is 511 g/mol. The molecule has 2 N–H and O–H groups in total. The van der Waals surface area contributed by atoms with E-state index in [1.54, 1.807) is 30.3 Å². The Bertz CT molecular complexity index is 1580. The highest BCUT2D eigenvalue weighted by molar-refractivity contribution is 6.14. The van der Waals surface area contributed by atoms with E-state index in [4.69, 9.17) is 0 Å². The van der Waals surface area contributed by atoms with E-state index in [1.165, 1.54) is 0 Å². The molecule has 0 saturated carbocycles. The van der Waals surface area contributed by atoms with E-state index in [9.17, 15) is 9.59 Å². The summed E-state index contributed by atoms with van der Waals surface area (Å²) in [6.45, 7) is 4.03. The van der Waals surface area contributed by atoms with E-state index in [1.807, 2.05) is 116 Å². The third-order valence-corrected chi connectivity index (χ3v) is 6.60. The molecule has 0 saturated heterocycles. The lowest BCUT2D eigenvalue weighted by molar-refractivity contribution is 0.102. The Morgan fingerprint density at radius 2 is 1.08 bits per heavy atom. The van der Waals surface area contributed by atoms with Crippen LogP contribution in [-0.2, 0) is 0 Å². The molecule has 0 bridgehead atoms. The number of carbonyl (C=O) groups is 2. The smallest absolute Gasteiger partial charge is 0.257 e. The number of hydrogen-bond donors (Lipinski definition) is 2. The maximum atomic E-state index is 13.7. The SMILES string of the molecule is Cc1ccc(NC(=O)c2ccccc2NC(=O)c2ccccc2N(c2ccccc2)c2ccccc2)cc1C. The van der Waals surface area contributed by atoms with Crippen LogP contribution in [0.25, 0.3) is 0 Å². The predicted octanol–water partition coefficient (Wildman–Crippen LogP) is 8.28. The molecule has 0 aliphatic carbocycles. The van der Waals surface area contributed by atoms with Crippen LogP contribution in [0.3, 0.4) is 0 Å². The normalized spacial score (nSPS) is 10.5. The van der Waals surface area contributed by atoms with E-state index >= 15 is 0 Å². The molecule has 39 heavy (non-hydrogen) atoms. The predicted molar refractivity (Wildman–Crippen MR) is 159 cm³/mol. The van der Waals surface area contributed by atoms with Gasteiger partial charge in [0.15, 0.2) is 0 Å². The third kappa shape index (κ3) is 5.73. The van der Waals surface area contributed by atoms with Crippen molar-refractivity contribution in [1.29, 1.82) is 0 Å². The molecule has 0 unspecified atom stereocenters. The summed E-state index contributed by atoms with van der Waals surface area (Å²) in [4.78, 5) is 29.0. The van der Waals surface area contributed by atoms with E-state index in [0.29, 0.717) is 22.5 Å².